The fraction of sp³-hybridized carbons (Fsp3) is 1.00. The molecular formula is C12H24N2O. The minimum absolute atomic E-state index is 0.530. The zero-order chi connectivity index (χ0) is 10.7. The molecule has 1 aliphatic carbocycles. The average Bonchev–Trinajstić information content (AvgIpc) is 2.17. The summed E-state index contributed by atoms with van der Waals surface area (Å²) < 4.78 is 5.35. The molecule has 1 saturated heterocycles. The topological polar surface area (TPSA) is 24.5 Å². The Hall–Kier alpha value is -0.120. The standard InChI is InChI=1S/C12H24N2O/c1-12(2)5-3-4-11(10-12)13-14-6-8-15-9-7-14/h11,13H,3-10H2,1-2H3. The number of hydrazine groups is 1. The van der Waals surface area contributed by atoms with Crippen LogP contribution in [0.25, 0.3) is 0 Å². The summed E-state index contributed by atoms with van der Waals surface area (Å²) in [6, 6.07) is 0.687. The third-order valence-corrected chi connectivity index (χ3v) is 3.58. The highest BCUT2D eigenvalue weighted by atomic mass is 16.5. The van der Waals surface area contributed by atoms with E-state index in [1.54, 1.807) is 0 Å². The van der Waals surface area contributed by atoms with Crippen LogP contribution in [0.3, 0.4) is 0 Å². The molecule has 1 unspecified atom stereocenters. The van der Waals surface area contributed by atoms with E-state index < -0.39 is 0 Å². The SMILES string of the molecule is CC1(C)CCCC(NN2CCOCC2)C1. The van der Waals surface area contributed by atoms with Crippen molar-refractivity contribution in [2.24, 2.45) is 5.41 Å². The number of ether oxygens (including phenoxy) is 1. The smallest absolute Gasteiger partial charge is 0.0608 e. The van der Waals surface area contributed by atoms with E-state index in [0.717, 1.165) is 26.3 Å². The molecule has 1 aliphatic heterocycles. The van der Waals surface area contributed by atoms with Crippen molar-refractivity contribution in [3.63, 3.8) is 0 Å². The van der Waals surface area contributed by atoms with E-state index >= 15 is 0 Å². The fourth-order valence-corrected chi connectivity index (χ4v) is 2.76. The van der Waals surface area contributed by atoms with Crippen molar-refractivity contribution in [1.29, 1.82) is 0 Å². The first-order chi connectivity index (χ1) is 7.16. The second kappa shape index (κ2) is 4.81. The summed E-state index contributed by atoms with van der Waals surface area (Å²) in [5.74, 6) is 0. The lowest BCUT2D eigenvalue weighted by Crippen LogP contribution is -2.51. The van der Waals surface area contributed by atoms with Crippen molar-refractivity contribution in [2.45, 2.75) is 45.6 Å². The lowest BCUT2D eigenvalue weighted by molar-refractivity contribution is -0.00538. The highest BCUT2D eigenvalue weighted by Crippen LogP contribution is 2.35. The largest absolute Gasteiger partial charge is 0.379 e. The summed E-state index contributed by atoms with van der Waals surface area (Å²) in [4.78, 5) is 0. The van der Waals surface area contributed by atoms with E-state index in [1.807, 2.05) is 0 Å². The molecule has 0 aromatic carbocycles. The molecule has 2 rings (SSSR count). The Labute approximate surface area is 93.1 Å². The van der Waals surface area contributed by atoms with Crippen molar-refractivity contribution in [2.75, 3.05) is 26.3 Å². The molecular weight excluding hydrogens is 188 g/mol. The second-order valence-electron chi connectivity index (χ2n) is 5.69. The van der Waals surface area contributed by atoms with Gasteiger partial charge in [0.25, 0.3) is 0 Å². The molecule has 3 heteroatoms. The molecule has 88 valence electrons. The average molecular weight is 212 g/mol. The second-order valence-corrected chi connectivity index (χ2v) is 5.69. The molecule has 1 saturated carbocycles. The number of nitrogens with one attached hydrogen (secondary N) is 1. The number of hydrogen-bond acceptors (Lipinski definition) is 3. The minimum atomic E-state index is 0.530. The van der Waals surface area contributed by atoms with Crippen LogP contribution in [-0.4, -0.2) is 37.4 Å². The molecule has 1 N–H and O–H groups in total. The Kier molecular flexibility index (Phi) is 3.65. The van der Waals surface area contributed by atoms with Crippen molar-refractivity contribution < 1.29 is 4.74 Å². The van der Waals surface area contributed by atoms with E-state index in [0.29, 0.717) is 11.5 Å². The zero-order valence-electron chi connectivity index (χ0n) is 10.1. The Bertz CT molecular complexity index is 200. The van der Waals surface area contributed by atoms with Gasteiger partial charge in [0, 0.05) is 19.1 Å². The van der Waals surface area contributed by atoms with Gasteiger partial charge in [0.2, 0.25) is 0 Å². The summed E-state index contributed by atoms with van der Waals surface area (Å²) in [6.45, 7) is 8.61. The van der Waals surface area contributed by atoms with Crippen LogP contribution in [0, 0.1) is 5.41 Å². The predicted molar refractivity (Wildman–Crippen MR) is 61.6 cm³/mol. The summed E-state index contributed by atoms with van der Waals surface area (Å²) in [5, 5.41) is 2.34. The number of morpholine rings is 1. The highest BCUT2D eigenvalue weighted by molar-refractivity contribution is 4.83. The molecule has 1 atom stereocenters. The van der Waals surface area contributed by atoms with Crippen molar-refractivity contribution in [3.8, 4) is 0 Å². The van der Waals surface area contributed by atoms with E-state index in [-0.39, 0.29) is 0 Å². The third kappa shape index (κ3) is 3.44. The van der Waals surface area contributed by atoms with Crippen LogP contribution >= 0.6 is 0 Å². The Morgan fingerprint density at radius 2 is 2.00 bits per heavy atom. The molecule has 0 radical (unpaired) electrons. The Balaban J connectivity index is 1.78. The molecule has 1 heterocycles. The van der Waals surface area contributed by atoms with Crippen LogP contribution in [0.15, 0.2) is 0 Å². The summed E-state index contributed by atoms with van der Waals surface area (Å²) in [6.07, 6.45) is 5.40. The fourth-order valence-electron chi connectivity index (χ4n) is 2.76. The Morgan fingerprint density at radius 3 is 2.67 bits per heavy atom. The monoisotopic (exact) mass is 212 g/mol. The summed E-state index contributed by atoms with van der Waals surface area (Å²) in [5.41, 5.74) is 4.20. The molecule has 2 fully saturated rings. The van der Waals surface area contributed by atoms with E-state index in [4.69, 9.17) is 4.74 Å². The normalized spacial score (nSPS) is 32.8. The number of nitrogens with zero attached hydrogens (tertiary/aromatic N) is 1. The first-order valence-electron chi connectivity index (χ1n) is 6.25. The first kappa shape index (κ1) is 11.4. The number of hydrogen-bond donors (Lipinski definition) is 1. The Morgan fingerprint density at radius 1 is 1.27 bits per heavy atom. The zero-order valence-corrected chi connectivity index (χ0v) is 10.1. The highest BCUT2D eigenvalue weighted by Gasteiger charge is 2.28. The summed E-state index contributed by atoms with van der Waals surface area (Å²) in [7, 11) is 0. The molecule has 0 aromatic heterocycles. The van der Waals surface area contributed by atoms with Gasteiger partial charge in [-0.05, 0) is 24.7 Å². The van der Waals surface area contributed by atoms with Gasteiger partial charge in [0.1, 0.15) is 0 Å². The van der Waals surface area contributed by atoms with Crippen molar-refractivity contribution in [1.82, 2.24) is 10.4 Å². The molecule has 0 bridgehead atoms. The summed E-state index contributed by atoms with van der Waals surface area (Å²) >= 11 is 0. The lowest BCUT2D eigenvalue weighted by atomic mass is 9.75. The van der Waals surface area contributed by atoms with Crippen molar-refractivity contribution >= 4 is 0 Å². The first-order valence-corrected chi connectivity index (χ1v) is 6.25. The van der Waals surface area contributed by atoms with E-state index in [1.165, 1.54) is 25.7 Å². The van der Waals surface area contributed by atoms with Crippen LogP contribution in [0.1, 0.15) is 39.5 Å². The number of rotatable bonds is 2. The van der Waals surface area contributed by atoms with Gasteiger partial charge in [-0.2, -0.15) is 0 Å². The van der Waals surface area contributed by atoms with Crippen LogP contribution in [0.4, 0.5) is 0 Å². The van der Waals surface area contributed by atoms with E-state index in [9.17, 15) is 0 Å². The van der Waals surface area contributed by atoms with E-state index in [2.05, 4.69) is 24.3 Å². The quantitative estimate of drug-likeness (QED) is 0.755. The predicted octanol–water partition coefficient (Wildman–Crippen LogP) is 1.79. The molecule has 0 spiro atoms. The van der Waals surface area contributed by atoms with Gasteiger partial charge in [-0.15, -0.1) is 0 Å². The van der Waals surface area contributed by atoms with Gasteiger partial charge in [0.15, 0.2) is 0 Å². The van der Waals surface area contributed by atoms with Crippen molar-refractivity contribution in [3.05, 3.63) is 0 Å². The lowest BCUT2D eigenvalue weighted by Gasteiger charge is -2.39. The molecule has 15 heavy (non-hydrogen) atoms. The van der Waals surface area contributed by atoms with Gasteiger partial charge in [-0.3, -0.25) is 5.43 Å². The van der Waals surface area contributed by atoms with Crippen LogP contribution in [0.5, 0.6) is 0 Å². The maximum Gasteiger partial charge on any atom is 0.0608 e. The molecule has 2 aliphatic rings. The van der Waals surface area contributed by atoms with Crippen LogP contribution in [0.2, 0.25) is 0 Å². The van der Waals surface area contributed by atoms with Gasteiger partial charge in [-0.25, -0.2) is 5.01 Å². The molecule has 3 nitrogen and oxygen atoms in total. The third-order valence-electron chi connectivity index (χ3n) is 3.58. The molecule has 0 aromatic rings. The van der Waals surface area contributed by atoms with Gasteiger partial charge >= 0.3 is 0 Å². The minimum Gasteiger partial charge on any atom is -0.379 e. The maximum absolute atomic E-state index is 5.35. The van der Waals surface area contributed by atoms with Crippen LogP contribution < -0.4 is 5.43 Å². The van der Waals surface area contributed by atoms with Gasteiger partial charge in [0.05, 0.1) is 13.2 Å². The van der Waals surface area contributed by atoms with Crippen LogP contribution in [-0.2, 0) is 4.74 Å². The maximum atomic E-state index is 5.35. The molecule has 0 amide bonds. The van der Waals surface area contributed by atoms with Gasteiger partial charge < -0.3 is 4.74 Å². The van der Waals surface area contributed by atoms with Gasteiger partial charge in [-0.1, -0.05) is 20.3 Å².